The Kier molecular flexibility index (Phi) is 4.55. The van der Waals surface area contributed by atoms with Crippen molar-refractivity contribution >= 4 is 5.97 Å². The maximum atomic E-state index is 13.7. The largest absolute Gasteiger partial charge is 0.457 e. The maximum absolute atomic E-state index is 13.7. The van der Waals surface area contributed by atoms with Crippen LogP contribution in [0.25, 0.3) is 0 Å². The lowest BCUT2D eigenvalue weighted by molar-refractivity contribution is -0.151. The SMILES string of the molecule is CC=CC1C(C(=O)OC(C)c2c(F)c(F)cc(F)c2F)C1(C)C. The maximum Gasteiger partial charge on any atom is 0.310 e. The van der Waals surface area contributed by atoms with Crippen LogP contribution < -0.4 is 0 Å². The van der Waals surface area contributed by atoms with Crippen molar-refractivity contribution in [3.8, 4) is 0 Å². The smallest absolute Gasteiger partial charge is 0.310 e. The van der Waals surface area contributed by atoms with Crippen molar-refractivity contribution in [1.29, 1.82) is 0 Å². The number of allylic oxidation sites excluding steroid dienone is 2. The van der Waals surface area contributed by atoms with E-state index in [0.29, 0.717) is 0 Å². The van der Waals surface area contributed by atoms with Gasteiger partial charge in [-0.3, -0.25) is 4.79 Å². The first-order valence-electron chi connectivity index (χ1n) is 7.29. The topological polar surface area (TPSA) is 26.3 Å². The Morgan fingerprint density at radius 1 is 1.22 bits per heavy atom. The van der Waals surface area contributed by atoms with E-state index >= 15 is 0 Å². The Morgan fingerprint density at radius 2 is 1.74 bits per heavy atom. The van der Waals surface area contributed by atoms with E-state index in [0.717, 1.165) is 0 Å². The Morgan fingerprint density at radius 3 is 2.22 bits per heavy atom. The molecule has 6 heteroatoms. The van der Waals surface area contributed by atoms with E-state index in [4.69, 9.17) is 4.74 Å². The number of rotatable bonds is 4. The molecule has 23 heavy (non-hydrogen) atoms. The molecule has 1 aromatic carbocycles. The highest BCUT2D eigenvalue weighted by Gasteiger charge is 2.61. The first-order chi connectivity index (χ1) is 10.6. The molecule has 0 aromatic heterocycles. The monoisotopic (exact) mass is 330 g/mol. The lowest BCUT2D eigenvalue weighted by atomic mass is 10.1. The van der Waals surface area contributed by atoms with Crippen LogP contribution in [0.4, 0.5) is 17.6 Å². The minimum atomic E-state index is -1.55. The normalized spacial score (nSPS) is 23.8. The van der Waals surface area contributed by atoms with Gasteiger partial charge in [-0.25, -0.2) is 17.6 Å². The van der Waals surface area contributed by atoms with Crippen LogP contribution in [0.3, 0.4) is 0 Å². The number of benzene rings is 1. The molecule has 0 amide bonds. The summed E-state index contributed by atoms with van der Waals surface area (Å²) in [6.07, 6.45) is 2.24. The van der Waals surface area contributed by atoms with E-state index in [2.05, 4.69) is 0 Å². The van der Waals surface area contributed by atoms with Crippen molar-refractivity contribution in [1.82, 2.24) is 0 Å². The number of ether oxygens (including phenoxy) is 1. The van der Waals surface area contributed by atoms with Gasteiger partial charge in [0, 0.05) is 6.07 Å². The first-order valence-corrected chi connectivity index (χ1v) is 7.29. The zero-order chi connectivity index (χ0) is 17.5. The van der Waals surface area contributed by atoms with Gasteiger partial charge in [0.1, 0.15) is 6.10 Å². The molecule has 1 aliphatic rings. The van der Waals surface area contributed by atoms with Gasteiger partial charge in [-0.15, -0.1) is 0 Å². The second-order valence-corrected chi connectivity index (χ2v) is 6.31. The lowest BCUT2D eigenvalue weighted by Crippen LogP contribution is -2.16. The van der Waals surface area contributed by atoms with Crippen LogP contribution in [-0.4, -0.2) is 5.97 Å². The van der Waals surface area contributed by atoms with Gasteiger partial charge in [0.15, 0.2) is 23.3 Å². The summed E-state index contributed by atoms with van der Waals surface area (Å²) in [5.74, 6) is -7.29. The molecule has 0 aliphatic heterocycles. The molecule has 2 nitrogen and oxygen atoms in total. The number of hydrogen-bond acceptors (Lipinski definition) is 2. The Bertz CT molecular complexity index is 641. The van der Waals surface area contributed by atoms with Crippen LogP contribution in [0, 0.1) is 40.5 Å². The number of halogens is 4. The molecule has 0 N–H and O–H groups in total. The van der Waals surface area contributed by atoms with Gasteiger partial charge in [-0.1, -0.05) is 26.0 Å². The highest BCUT2D eigenvalue weighted by molar-refractivity contribution is 5.78. The van der Waals surface area contributed by atoms with Gasteiger partial charge in [-0.2, -0.15) is 0 Å². The summed E-state index contributed by atoms with van der Waals surface area (Å²) >= 11 is 0. The zero-order valence-electron chi connectivity index (χ0n) is 13.3. The van der Waals surface area contributed by atoms with E-state index in [1.807, 2.05) is 32.9 Å². The van der Waals surface area contributed by atoms with Gasteiger partial charge in [0.2, 0.25) is 0 Å². The number of carbonyl (C=O) groups is 1. The van der Waals surface area contributed by atoms with Crippen LogP contribution in [0.1, 0.15) is 39.4 Å². The summed E-state index contributed by atoms with van der Waals surface area (Å²) in [5, 5.41) is 0. The van der Waals surface area contributed by atoms with Gasteiger partial charge < -0.3 is 4.74 Å². The Balaban J connectivity index is 2.21. The highest BCUT2D eigenvalue weighted by Crippen LogP contribution is 2.59. The lowest BCUT2D eigenvalue weighted by Gasteiger charge is -2.16. The molecule has 0 saturated heterocycles. The Labute approximate surface area is 132 Å². The van der Waals surface area contributed by atoms with Gasteiger partial charge >= 0.3 is 5.97 Å². The zero-order valence-corrected chi connectivity index (χ0v) is 13.3. The molecule has 1 aromatic rings. The van der Waals surface area contributed by atoms with E-state index in [9.17, 15) is 22.4 Å². The number of esters is 1. The summed E-state index contributed by atoms with van der Waals surface area (Å²) in [7, 11) is 0. The van der Waals surface area contributed by atoms with Crippen molar-refractivity contribution in [2.24, 2.45) is 17.3 Å². The highest BCUT2D eigenvalue weighted by atomic mass is 19.2. The van der Waals surface area contributed by atoms with Crippen molar-refractivity contribution in [3.05, 3.63) is 47.1 Å². The third-order valence-electron chi connectivity index (χ3n) is 4.41. The van der Waals surface area contributed by atoms with Gasteiger partial charge in [-0.05, 0) is 25.2 Å². The van der Waals surface area contributed by atoms with Crippen LogP contribution >= 0.6 is 0 Å². The molecule has 3 unspecified atom stereocenters. The predicted molar refractivity (Wildman–Crippen MR) is 76.4 cm³/mol. The average Bonchev–Trinajstić information content (AvgIpc) is 2.98. The average molecular weight is 330 g/mol. The summed E-state index contributed by atoms with van der Waals surface area (Å²) in [6.45, 7) is 6.74. The van der Waals surface area contributed by atoms with E-state index < -0.39 is 46.8 Å². The molecular weight excluding hydrogens is 312 g/mol. The quantitative estimate of drug-likeness (QED) is 0.346. The molecule has 0 bridgehead atoms. The summed E-state index contributed by atoms with van der Waals surface area (Å²) in [5.41, 5.74) is -1.25. The molecule has 0 spiro atoms. The molecule has 3 atom stereocenters. The molecule has 0 radical (unpaired) electrons. The molecular formula is C17H18F4O2. The fraction of sp³-hybridized carbons (Fsp3) is 0.471. The van der Waals surface area contributed by atoms with Crippen LogP contribution in [0.5, 0.6) is 0 Å². The van der Waals surface area contributed by atoms with E-state index in [1.54, 1.807) is 0 Å². The third-order valence-corrected chi connectivity index (χ3v) is 4.41. The van der Waals surface area contributed by atoms with E-state index in [1.165, 1.54) is 6.92 Å². The van der Waals surface area contributed by atoms with E-state index in [-0.39, 0.29) is 17.4 Å². The second kappa shape index (κ2) is 5.98. The molecule has 1 aliphatic carbocycles. The second-order valence-electron chi connectivity index (χ2n) is 6.31. The molecule has 126 valence electrons. The first kappa shape index (κ1) is 17.5. The minimum Gasteiger partial charge on any atom is -0.457 e. The third kappa shape index (κ3) is 2.99. The molecule has 1 saturated carbocycles. The van der Waals surface area contributed by atoms with Gasteiger partial charge in [0.25, 0.3) is 0 Å². The number of hydrogen-bond donors (Lipinski definition) is 0. The standard InChI is InChI=1S/C17H18F4O2/c1-5-6-9-13(17(9,3)4)16(22)23-8(2)12-14(20)10(18)7-11(19)15(12)21/h5-9,13H,1-4H3. The Hall–Kier alpha value is -1.85. The van der Waals surface area contributed by atoms with Crippen molar-refractivity contribution in [3.63, 3.8) is 0 Å². The molecule has 0 heterocycles. The molecule has 2 rings (SSSR count). The van der Waals surface area contributed by atoms with Crippen molar-refractivity contribution in [2.75, 3.05) is 0 Å². The van der Waals surface area contributed by atoms with Crippen LogP contribution in [0.2, 0.25) is 0 Å². The fourth-order valence-corrected chi connectivity index (χ4v) is 2.95. The number of carbonyl (C=O) groups excluding carboxylic acids is 1. The summed E-state index contributed by atoms with van der Waals surface area (Å²) < 4.78 is 59.0. The van der Waals surface area contributed by atoms with Crippen molar-refractivity contribution in [2.45, 2.75) is 33.8 Å². The van der Waals surface area contributed by atoms with Crippen LogP contribution in [-0.2, 0) is 9.53 Å². The summed E-state index contributed by atoms with van der Waals surface area (Å²) in [4.78, 5) is 12.2. The fourth-order valence-electron chi connectivity index (χ4n) is 2.95. The van der Waals surface area contributed by atoms with Gasteiger partial charge in [0.05, 0.1) is 11.5 Å². The summed E-state index contributed by atoms with van der Waals surface area (Å²) in [6, 6.07) is 0.120. The molecule has 1 fully saturated rings. The van der Waals surface area contributed by atoms with Crippen molar-refractivity contribution < 1.29 is 27.1 Å². The predicted octanol–water partition coefficient (Wildman–Crippen LogP) is 4.70. The van der Waals surface area contributed by atoms with Crippen LogP contribution in [0.15, 0.2) is 18.2 Å². The minimum absolute atomic E-state index is 0.0360.